The summed E-state index contributed by atoms with van der Waals surface area (Å²) in [4.78, 5) is 41.5. The number of anilines is 2. The summed E-state index contributed by atoms with van der Waals surface area (Å²) in [6.07, 6.45) is 1.30. The van der Waals surface area contributed by atoms with Gasteiger partial charge in [0.15, 0.2) is 4.34 Å². The number of amides is 2. The highest BCUT2D eigenvalue weighted by Crippen LogP contribution is 2.40. The Morgan fingerprint density at radius 2 is 1.74 bits per heavy atom. The molecule has 0 fully saturated rings. The Bertz CT molecular complexity index is 1920. The average Bonchev–Trinajstić information content (AvgIpc) is 3.38. The molecule has 0 unspecified atom stereocenters. The fourth-order valence-corrected chi connectivity index (χ4v) is 6.22. The van der Waals surface area contributed by atoms with Crippen molar-refractivity contribution in [3.63, 3.8) is 0 Å². The molecule has 9 nitrogen and oxygen atoms in total. The summed E-state index contributed by atoms with van der Waals surface area (Å²) in [7, 11) is 0. The molecule has 12 heteroatoms. The molecule has 1 aromatic heterocycles. The van der Waals surface area contributed by atoms with E-state index in [1.54, 1.807) is 84.9 Å². The number of carbonyl (C=O) groups excluding carboxylic acids is 2. The minimum Gasteiger partial charge on any atom is -0.322 e. The van der Waals surface area contributed by atoms with Crippen LogP contribution < -0.4 is 10.6 Å². The van der Waals surface area contributed by atoms with Gasteiger partial charge in [0, 0.05) is 17.4 Å². The van der Waals surface area contributed by atoms with Crippen LogP contribution in [0.1, 0.15) is 15.9 Å². The van der Waals surface area contributed by atoms with Crippen LogP contribution in [-0.4, -0.2) is 21.7 Å². The van der Waals surface area contributed by atoms with E-state index in [1.807, 2.05) is 6.07 Å². The lowest BCUT2D eigenvalue weighted by molar-refractivity contribution is -0.387. The highest BCUT2D eigenvalue weighted by Gasteiger charge is 2.19. The van der Waals surface area contributed by atoms with Crippen molar-refractivity contribution in [2.75, 3.05) is 10.6 Å². The van der Waals surface area contributed by atoms with Crippen molar-refractivity contribution in [3.8, 4) is 6.07 Å². The van der Waals surface area contributed by atoms with Gasteiger partial charge in [-0.2, -0.15) is 5.26 Å². The molecule has 5 rings (SSSR count). The van der Waals surface area contributed by atoms with Gasteiger partial charge < -0.3 is 10.6 Å². The summed E-state index contributed by atoms with van der Waals surface area (Å²) in [5, 5.41) is 27.2. The fourth-order valence-electron chi connectivity index (χ4n) is 3.85. The third-order valence-electron chi connectivity index (χ3n) is 5.83. The number of hydrogen-bond acceptors (Lipinski definition) is 8. The third kappa shape index (κ3) is 6.64. The first-order valence-corrected chi connectivity index (χ1v) is 14.2. The van der Waals surface area contributed by atoms with E-state index in [4.69, 9.17) is 11.6 Å². The van der Waals surface area contributed by atoms with E-state index in [-0.39, 0.29) is 17.2 Å². The number of aromatic nitrogens is 1. The van der Waals surface area contributed by atoms with Crippen LogP contribution in [0.4, 0.5) is 17.1 Å². The molecule has 1 heterocycles. The maximum Gasteiger partial charge on any atom is 0.283 e. The normalized spacial score (nSPS) is 11.1. The summed E-state index contributed by atoms with van der Waals surface area (Å²) in [6.45, 7) is 0. The van der Waals surface area contributed by atoms with Gasteiger partial charge in [-0.05, 0) is 60.2 Å². The summed E-state index contributed by atoms with van der Waals surface area (Å²) < 4.78 is 1.34. The quantitative estimate of drug-likeness (QED) is 0.0789. The molecule has 0 aliphatic carbocycles. The number of benzene rings is 4. The smallest absolute Gasteiger partial charge is 0.283 e. The van der Waals surface area contributed by atoms with Crippen LogP contribution >= 0.6 is 34.7 Å². The van der Waals surface area contributed by atoms with E-state index in [0.29, 0.717) is 42.3 Å². The Balaban J connectivity index is 1.35. The number of carbonyl (C=O) groups is 2. The van der Waals surface area contributed by atoms with Crippen molar-refractivity contribution in [1.29, 1.82) is 5.26 Å². The zero-order valence-electron chi connectivity index (χ0n) is 21.4. The van der Waals surface area contributed by atoms with Gasteiger partial charge in [0.25, 0.3) is 17.5 Å². The Labute approximate surface area is 252 Å². The summed E-state index contributed by atoms with van der Waals surface area (Å²) in [5.41, 5.74) is 2.03. The molecular weight excluding hydrogens is 594 g/mol. The van der Waals surface area contributed by atoms with E-state index in [9.17, 15) is 25.0 Å². The first kappa shape index (κ1) is 28.5. The van der Waals surface area contributed by atoms with Crippen molar-refractivity contribution in [1.82, 2.24) is 4.98 Å². The molecule has 0 saturated heterocycles. The number of para-hydroxylation sites is 1. The van der Waals surface area contributed by atoms with Crippen LogP contribution in [0.25, 0.3) is 16.3 Å². The van der Waals surface area contributed by atoms with Crippen molar-refractivity contribution in [2.45, 2.75) is 9.24 Å². The first-order chi connectivity index (χ1) is 20.3. The molecule has 206 valence electrons. The lowest BCUT2D eigenvalue weighted by Gasteiger charge is -2.06. The Morgan fingerprint density at radius 3 is 2.48 bits per heavy atom. The molecule has 5 aromatic rings. The van der Waals surface area contributed by atoms with Gasteiger partial charge in [0.05, 0.1) is 30.6 Å². The first-order valence-electron chi connectivity index (χ1n) is 12.2. The van der Waals surface area contributed by atoms with Crippen LogP contribution in [0, 0.1) is 21.4 Å². The lowest BCUT2D eigenvalue weighted by atomic mass is 10.1. The van der Waals surface area contributed by atoms with E-state index >= 15 is 0 Å². The van der Waals surface area contributed by atoms with Crippen molar-refractivity contribution < 1.29 is 14.5 Å². The maximum absolute atomic E-state index is 12.6. The molecule has 0 aliphatic heterocycles. The Kier molecular flexibility index (Phi) is 8.59. The number of thiazole rings is 1. The number of nitro benzene ring substituents is 1. The van der Waals surface area contributed by atoms with Crippen LogP contribution in [0.2, 0.25) is 5.02 Å². The number of hydrogen-bond donors (Lipinski definition) is 2. The molecule has 0 spiro atoms. The van der Waals surface area contributed by atoms with Crippen LogP contribution in [0.15, 0.2) is 106 Å². The van der Waals surface area contributed by atoms with Crippen molar-refractivity contribution in [2.24, 2.45) is 0 Å². The van der Waals surface area contributed by atoms with Crippen LogP contribution in [-0.2, 0) is 4.79 Å². The predicted molar refractivity (Wildman–Crippen MR) is 165 cm³/mol. The zero-order valence-corrected chi connectivity index (χ0v) is 23.8. The summed E-state index contributed by atoms with van der Waals surface area (Å²) in [5.74, 6) is -0.970. The minimum absolute atomic E-state index is 0.193. The second kappa shape index (κ2) is 12.7. The molecule has 2 N–H and O–H groups in total. The molecule has 0 bridgehead atoms. The molecule has 2 amide bonds. The number of halogens is 1. The third-order valence-corrected chi connectivity index (χ3v) is 8.30. The monoisotopic (exact) mass is 611 g/mol. The Hall–Kier alpha value is -5.02. The molecule has 0 saturated carbocycles. The minimum atomic E-state index is -0.623. The van der Waals surface area contributed by atoms with Crippen molar-refractivity contribution in [3.05, 3.63) is 123 Å². The number of nitrogens with zero attached hydrogens (tertiary/aromatic N) is 3. The number of rotatable bonds is 8. The van der Waals surface area contributed by atoms with E-state index in [2.05, 4.69) is 15.6 Å². The van der Waals surface area contributed by atoms with Crippen LogP contribution in [0.3, 0.4) is 0 Å². The number of nitrogens with one attached hydrogen (secondary N) is 2. The second-order valence-corrected chi connectivity index (χ2v) is 11.4. The topological polar surface area (TPSA) is 138 Å². The largest absolute Gasteiger partial charge is 0.322 e. The number of fused-ring (bicyclic) bond motifs is 1. The van der Waals surface area contributed by atoms with Gasteiger partial charge in [-0.1, -0.05) is 59.8 Å². The highest BCUT2D eigenvalue weighted by atomic mass is 35.5. The van der Waals surface area contributed by atoms with E-state index < -0.39 is 10.8 Å². The highest BCUT2D eigenvalue weighted by molar-refractivity contribution is 8.01. The Morgan fingerprint density at radius 1 is 0.976 bits per heavy atom. The summed E-state index contributed by atoms with van der Waals surface area (Å²) in [6, 6.07) is 27.0. The zero-order chi connectivity index (χ0) is 29.6. The van der Waals surface area contributed by atoms with Gasteiger partial charge in [-0.25, -0.2) is 4.98 Å². The lowest BCUT2D eigenvalue weighted by Crippen LogP contribution is -2.13. The summed E-state index contributed by atoms with van der Waals surface area (Å²) >= 11 is 8.57. The van der Waals surface area contributed by atoms with E-state index in [1.165, 1.54) is 23.5 Å². The van der Waals surface area contributed by atoms with Crippen LogP contribution in [0.5, 0.6) is 0 Å². The maximum atomic E-state index is 12.6. The molecular formula is C30H18ClN5O4S2. The molecule has 0 aliphatic rings. The fraction of sp³-hybridized carbons (Fsp3) is 0. The number of nitro groups is 1. The van der Waals surface area contributed by atoms with Gasteiger partial charge in [-0.15, -0.1) is 11.3 Å². The number of nitriles is 1. The molecule has 4 aromatic carbocycles. The average molecular weight is 612 g/mol. The van der Waals surface area contributed by atoms with Gasteiger partial charge in [0.2, 0.25) is 0 Å². The van der Waals surface area contributed by atoms with Gasteiger partial charge in [-0.3, -0.25) is 19.7 Å². The standard InChI is InChI=1S/C30H18ClN5O4S2/c31-23-9-5-4-8-22(23)29(38)34-21-11-12-24-27(16-21)42-30(35-24)41-26-13-10-18(15-25(26)36(39)40)14-19(17-32)28(37)33-20-6-2-1-3-7-20/h1-16H,(H,33,37)(H,34,38)/b19-14+. The van der Waals surface area contributed by atoms with Gasteiger partial charge in [0.1, 0.15) is 11.6 Å². The second-order valence-electron chi connectivity index (χ2n) is 8.67. The van der Waals surface area contributed by atoms with Crippen molar-refractivity contribution >= 4 is 79.9 Å². The predicted octanol–water partition coefficient (Wildman–Crippen LogP) is 7.81. The van der Waals surface area contributed by atoms with E-state index in [0.717, 1.165) is 16.5 Å². The molecule has 0 radical (unpaired) electrons. The molecule has 0 atom stereocenters. The SMILES string of the molecule is N#C/C(=C\c1ccc(Sc2nc3ccc(NC(=O)c4ccccc4Cl)cc3s2)c([N+](=O)[O-])c1)C(=O)Nc1ccccc1. The van der Waals surface area contributed by atoms with Gasteiger partial charge >= 0.3 is 0 Å². The molecule has 42 heavy (non-hydrogen) atoms.